The third kappa shape index (κ3) is 3.92. The maximum atomic E-state index is 13.4. The Balaban J connectivity index is 1.44. The fraction of sp³-hybridized carbons (Fsp3) is 0.269. The Bertz CT molecular complexity index is 1540. The number of rotatable bonds is 7. The van der Waals surface area contributed by atoms with Crippen molar-refractivity contribution in [1.82, 2.24) is 24.9 Å². The summed E-state index contributed by atoms with van der Waals surface area (Å²) < 4.78 is 20.5. The van der Waals surface area contributed by atoms with Gasteiger partial charge in [-0.05, 0) is 30.2 Å². The smallest absolute Gasteiger partial charge is 0.271 e. The van der Waals surface area contributed by atoms with E-state index in [4.69, 9.17) is 9.84 Å². The molecule has 0 radical (unpaired) electrons. The number of anilines is 3. The largest absolute Gasteiger partial charge is 0.497 e. The second kappa shape index (κ2) is 8.84. The number of amides is 1. The standard InChI is InChI=1S/C26H24FN7O3/c1-28-21-10-24(32-34-23(12-30-25(21)34)26(36)31-20-9-18(20)27)33-6-5-16-17(7-15(37-2)8-22(16)33)19-4-3-14(13-35)11-29-19/h3-4,7-8,10-13,18,20,28H,5-6,9H2,1-2H3,(H,31,36)/t18-,20+/m0/s1. The second-order valence-corrected chi connectivity index (χ2v) is 9.05. The van der Waals surface area contributed by atoms with Crippen molar-refractivity contribution in [2.45, 2.75) is 25.1 Å². The predicted octanol–water partition coefficient (Wildman–Crippen LogP) is 3.19. The summed E-state index contributed by atoms with van der Waals surface area (Å²) in [5, 5.41) is 10.6. The number of nitrogens with zero attached hydrogens (tertiary/aromatic N) is 5. The molecule has 3 aromatic heterocycles. The van der Waals surface area contributed by atoms with E-state index in [2.05, 4.69) is 25.5 Å². The van der Waals surface area contributed by atoms with Crippen LogP contribution in [0.5, 0.6) is 5.75 Å². The Kier molecular flexibility index (Phi) is 5.47. The zero-order valence-corrected chi connectivity index (χ0v) is 20.2. The monoisotopic (exact) mass is 501 g/mol. The van der Waals surface area contributed by atoms with Crippen LogP contribution in [-0.4, -0.2) is 64.7 Å². The zero-order valence-electron chi connectivity index (χ0n) is 20.2. The van der Waals surface area contributed by atoms with Gasteiger partial charge >= 0.3 is 0 Å². The summed E-state index contributed by atoms with van der Waals surface area (Å²) in [4.78, 5) is 34.8. The van der Waals surface area contributed by atoms with Crippen molar-refractivity contribution < 1.29 is 18.7 Å². The summed E-state index contributed by atoms with van der Waals surface area (Å²) in [5.74, 6) is 0.852. The summed E-state index contributed by atoms with van der Waals surface area (Å²) in [6, 6.07) is 8.87. The van der Waals surface area contributed by atoms with Crippen molar-refractivity contribution in [2.24, 2.45) is 0 Å². The van der Waals surface area contributed by atoms with Crippen LogP contribution in [0.3, 0.4) is 0 Å². The highest BCUT2D eigenvalue weighted by atomic mass is 19.1. The molecule has 0 saturated heterocycles. The molecule has 2 aliphatic rings. The molecule has 188 valence electrons. The number of hydrogen-bond acceptors (Lipinski definition) is 8. The number of ether oxygens (including phenoxy) is 1. The second-order valence-electron chi connectivity index (χ2n) is 9.05. The lowest BCUT2D eigenvalue weighted by Gasteiger charge is -2.21. The fourth-order valence-corrected chi connectivity index (χ4v) is 4.68. The molecule has 11 heteroatoms. The van der Waals surface area contributed by atoms with Crippen molar-refractivity contribution in [2.75, 3.05) is 30.9 Å². The van der Waals surface area contributed by atoms with Crippen LogP contribution in [0.25, 0.3) is 16.9 Å². The van der Waals surface area contributed by atoms with Gasteiger partial charge in [0.2, 0.25) is 0 Å². The van der Waals surface area contributed by atoms with Crippen LogP contribution in [0.1, 0.15) is 32.8 Å². The number of aldehydes is 1. The zero-order chi connectivity index (χ0) is 25.7. The molecule has 1 aliphatic carbocycles. The molecule has 0 bridgehead atoms. The maximum Gasteiger partial charge on any atom is 0.271 e. The van der Waals surface area contributed by atoms with Gasteiger partial charge in [-0.25, -0.2) is 13.9 Å². The molecular weight excluding hydrogens is 477 g/mol. The number of pyridine rings is 1. The summed E-state index contributed by atoms with van der Waals surface area (Å²) in [6.07, 6.45) is 3.82. The first-order valence-corrected chi connectivity index (χ1v) is 11.9. The van der Waals surface area contributed by atoms with Gasteiger partial charge in [0.05, 0.1) is 36.4 Å². The Morgan fingerprint density at radius 1 is 1.22 bits per heavy atom. The van der Waals surface area contributed by atoms with E-state index in [-0.39, 0.29) is 5.69 Å². The Hall–Kier alpha value is -4.54. The molecule has 10 nitrogen and oxygen atoms in total. The van der Waals surface area contributed by atoms with E-state index >= 15 is 0 Å². The molecule has 37 heavy (non-hydrogen) atoms. The Labute approximate surface area is 211 Å². The number of aromatic nitrogens is 4. The van der Waals surface area contributed by atoms with Crippen molar-refractivity contribution in [3.05, 3.63) is 59.5 Å². The summed E-state index contributed by atoms with van der Waals surface area (Å²) in [6.45, 7) is 0.644. The molecule has 6 rings (SSSR count). The van der Waals surface area contributed by atoms with Gasteiger partial charge in [-0.1, -0.05) is 0 Å². The van der Waals surface area contributed by atoms with Gasteiger partial charge in [0, 0.05) is 49.5 Å². The summed E-state index contributed by atoms with van der Waals surface area (Å²) in [5.41, 5.74) is 5.57. The maximum absolute atomic E-state index is 13.4. The van der Waals surface area contributed by atoms with Crippen LogP contribution < -0.4 is 20.3 Å². The predicted molar refractivity (Wildman–Crippen MR) is 136 cm³/mol. The van der Waals surface area contributed by atoms with Crippen LogP contribution in [0, 0.1) is 0 Å². The normalized spacial score (nSPS) is 18.0. The Morgan fingerprint density at radius 3 is 2.73 bits per heavy atom. The molecule has 2 N–H and O–H groups in total. The summed E-state index contributed by atoms with van der Waals surface area (Å²) in [7, 11) is 3.38. The fourth-order valence-electron chi connectivity index (χ4n) is 4.68. The van der Waals surface area contributed by atoms with Gasteiger partial charge in [-0.3, -0.25) is 14.6 Å². The molecule has 1 saturated carbocycles. The van der Waals surface area contributed by atoms with E-state index in [0.29, 0.717) is 41.4 Å². The molecule has 1 amide bonds. The molecule has 1 fully saturated rings. The van der Waals surface area contributed by atoms with Gasteiger partial charge < -0.3 is 20.3 Å². The molecular formula is C26H24FN7O3. The molecule has 1 aliphatic heterocycles. The van der Waals surface area contributed by atoms with Gasteiger partial charge in [0.15, 0.2) is 23.4 Å². The number of hydrogen-bond donors (Lipinski definition) is 2. The van der Waals surface area contributed by atoms with Crippen molar-refractivity contribution >= 4 is 35.0 Å². The van der Waals surface area contributed by atoms with E-state index in [1.54, 1.807) is 26.4 Å². The molecule has 0 spiro atoms. The molecule has 0 unspecified atom stereocenters. The minimum absolute atomic E-state index is 0.234. The van der Waals surface area contributed by atoms with Crippen molar-refractivity contribution in [1.29, 1.82) is 0 Å². The number of imidazole rings is 1. The van der Waals surface area contributed by atoms with Crippen LogP contribution in [0.15, 0.2) is 42.7 Å². The van der Waals surface area contributed by atoms with Crippen LogP contribution in [0.2, 0.25) is 0 Å². The van der Waals surface area contributed by atoms with Gasteiger partial charge in [-0.15, -0.1) is 5.10 Å². The van der Waals surface area contributed by atoms with Gasteiger partial charge in [-0.2, -0.15) is 0 Å². The molecule has 1 aromatic carbocycles. The van der Waals surface area contributed by atoms with Crippen LogP contribution in [-0.2, 0) is 6.42 Å². The minimum Gasteiger partial charge on any atom is -0.497 e. The number of carbonyl (C=O) groups excluding carboxylic acids is 2. The lowest BCUT2D eigenvalue weighted by atomic mass is 10.0. The van der Waals surface area contributed by atoms with Crippen LogP contribution >= 0.6 is 0 Å². The van der Waals surface area contributed by atoms with E-state index in [1.165, 1.54) is 10.7 Å². The highest BCUT2D eigenvalue weighted by molar-refractivity contribution is 5.94. The average Bonchev–Trinajstić information content (AvgIpc) is 3.29. The SMILES string of the molecule is CNc1cc(N2CCc3c(-c4ccc(C=O)cn4)cc(OC)cc32)nn2c(C(=O)N[C@@H]3C[C@@H]3F)cnc12. The Morgan fingerprint density at radius 2 is 2.05 bits per heavy atom. The number of nitrogens with one attached hydrogen (secondary N) is 2. The lowest BCUT2D eigenvalue weighted by molar-refractivity contribution is 0.0940. The van der Waals surface area contributed by atoms with E-state index in [1.807, 2.05) is 24.3 Å². The molecule has 2 atom stereocenters. The van der Waals surface area contributed by atoms with E-state index in [0.717, 1.165) is 35.2 Å². The highest BCUT2D eigenvalue weighted by Crippen LogP contribution is 2.42. The van der Waals surface area contributed by atoms with Crippen molar-refractivity contribution in [3.8, 4) is 17.0 Å². The molecule has 4 aromatic rings. The number of fused-ring (bicyclic) bond motifs is 2. The number of carbonyl (C=O) groups is 2. The highest BCUT2D eigenvalue weighted by Gasteiger charge is 2.39. The first-order chi connectivity index (χ1) is 18.0. The average molecular weight is 502 g/mol. The van der Waals surface area contributed by atoms with Gasteiger partial charge in [0.25, 0.3) is 5.91 Å². The first-order valence-electron chi connectivity index (χ1n) is 11.9. The van der Waals surface area contributed by atoms with E-state index < -0.39 is 18.1 Å². The number of alkyl halides is 1. The number of methoxy groups -OCH3 is 1. The lowest BCUT2D eigenvalue weighted by Crippen LogP contribution is -2.28. The van der Waals surface area contributed by atoms with E-state index in [9.17, 15) is 14.0 Å². The van der Waals surface area contributed by atoms with Crippen LogP contribution in [0.4, 0.5) is 21.6 Å². The third-order valence-electron chi connectivity index (χ3n) is 6.77. The molecule has 4 heterocycles. The summed E-state index contributed by atoms with van der Waals surface area (Å²) >= 11 is 0. The number of benzene rings is 1. The van der Waals surface area contributed by atoms with Crippen molar-refractivity contribution in [3.63, 3.8) is 0 Å². The third-order valence-corrected chi connectivity index (χ3v) is 6.77. The first kappa shape index (κ1) is 22.9. The quantitative estimate of drug-likeness (QED) is 0.371. The topological polar surface area (TPSA) is 114 Å². The minimum atomic E-state index is -1.01. The number of halogens is 1. The van der Waals surface area contributed by atoms with Gasteiger partial charge in [0.1, 0.15) is 11.9 Å².